The summed E-state index contributed by atoms with van der Waals surface area (Å²) in [5.74, 6) is 1.60. The van der Waals surface area contributed by atoms with Crippen molar-refractivity contribution in [2.45, 2.75) is 0 Å². The molecular weight excluding hydrogens is 526 g/mol. The van der Waals surface area contributed by atoms with E-state index >= 15 is 0 Å². The van der Waals surface area contributed by atoms with Gasteiger partial charge in [0.05, 0.1) is 26.8 Å². The molecular formula is C34H19N5OS. The zero-order chi connectivity index (χ0) is 26.9. The van der Waals surface area contributed by atoms with Crippen LogP contribution in [0.4, 0.5) is 0 Å². The van der Waals surface area contributed by atoms with E-state index in [0.717, 1.165) is 64.5 Å². The summed E-state index contributed by atoms with van der Waals surface area (Å²) in [5, 5.41) is 5.12. The third kappa shape index (κ3) is 3.36. The third-order valence-corrected chi connectivity index (χ3v) is 8.57. The molecule has 4 aromatic heterocycles. The van der Waals surface area contributed by atoms with Crippen molar-refractivity contribution in [3.63, 3.8) is 0 Å². The summed E-state index contributed by atoms with van der Waals surface area (Å²) < 4.78 is 9.58. The number of furan rings is 1. The molecule has 0 amide bonds. The van der Waals surface area contributed by atoms with Crippen molar-refractivity contribution >= 4 is 65.3 Å². The summed E-state index contributed by atoms with van der Waals surface area (Å²) in [7, 11) is 0. The van der Waals surface area contributed by atoms with E-state index < -0.39 is 0 Å². The number of nitrogens with zero attached hydrogens (tertiary/aromatic N) is 5. The number of fused-ring (bicyclic) bond motifs is 7. The van der Waals surface area contributed by atoms with Crippen LogP contribution in [0.5, 0.6) is 0 Å². The summed E-state index contributed by atoms with van der Waals surface area (Å²) >= 11 is 1.58. The van der Waals surface area contributed by atoms with Crippen LogP contribution in [0.3, 0.4) is 0 Å². The molecule has 0 saturated carbocycles. The van der Waals surface area contributed by atoms with E-state index in [4.69, 9.17) is 24.4 Å². The lowest BCUT2D eigenvalue weighted by Gasteiger charge is -2.10. The molecule has 0 unspecified atom stereocenters. The normalized spacial score (nSPS) is 11.9. The Morgan fingerprint density at radius 3 is 2.00 bits per heavy atom. The van der Waals surface area contributed by atoms with Crippen LogP contribution < -0.4 is 0 Å². The second kappa shape index (κ2) is 8.55. The van der Waals surface area contributed by atoms with Gasteiger partial charge in [-0.3, -0.25) is 4.57 Å². The zero-order valence-corrected chi connectivity index (χ0v) is 22.3. The van der Waals surface area contributed by atoms with E-state index in [1.54, 1.807) is 11.3 Å². The van der Waals surface area contributed by atoms with Gasteiger partial charge in [0.15, 0.2) is 16.7 Å². The SMILES string of the molecule is c1ccc2sc(-c3nc(-c4cccc5c4oc4ccccc45)nc(-n4c5ccccc5c5ccccc54)n3)nc2c1. The number of aromatic nitrogens is 5. The maximum atomic E-state index is 6.38. The molecule has 41 heavy (non-hydrogen) atoms. The van der Waals surface area contributed by atoms with Crippen LogP contribution in [0.1, 0.15) is 0 Å². The molecule has 0 spiro atoms. The highest BCUT2D eigenvalue weighted by Crippen LogP contribution is 2.37. The molecule has 5 aromatic carbocycles. The predicted octanol–water partition coefficient (Wildman–Crippen LogP) is 8.81. The van der Waals surface area contributed by atoms with Crippen LogP contribution in [0.25, 0.3) is 82.1 Å². The van der Waals surface area contributed by atoms with E-state index in [2.05, 4.69) is 59.2 Å². The highest BCUT2D eigenvalue weighted by atomic mass is 32.1. The molecule has 0 fully saturated rings. The van der Waals surface area contributed by atoms with Gasteiger partial charge in [0.1, 0.15) is 11.2 Å². The first-order valence-corrected chi connectivity index (χ1v) is 14.1. The third-order valence-electron chi connectivity index (χ3n) is 7.53. The van der Waals surface area contributed by atoms with Gasteiger partial charge >= 0.3 is 0 Å². The van der Waals surface area contributed by atoms with Crippen LogP contribution >= 0.6 is 11.3 Å². The summed E-state index contributed by atoms with van der Waals surface area (Å²) in [6.45, 7) is 0. The average molecular weight is 546 g/mol. The molecule has 0 aliphatic carbocycles. The predicted molar refractivity (Wildman–Crippen MR) is 165 cm³/mol. The largest absolute Gasteiger partial charge is 0.455 e. The van der Waals surface area contributed by atoms with E-state index in [0.29, 0.717) is 17.6 Å². The van der Waals surface area contributed by atoms with Crippen LogP contribution in [0, 0.1) is 0 Å². The lowest BCUT2D eigenvalue weighted by Crippen LogP contribution is -2.06. The monoisotopic (exact) mass is 545 g/mol. The quantitative estimate of drug-likeness (QED) is 0.222. The fourth-order valence-electron chi connectivity index (χ4n) is 5.71. The molecule has 0 N–H and O–H groups in total. The Morgan fingerprint density at radius 1 is 0.537 bits per heavy atom. The molecule has 0 saturated heterocycles. The molecule has 0 aliphatic rings. The van der Waals surface area contributed by atoms with Gasteiger partial charge in [0, 0.05) is 21.5 Å². The van der Waals surface area contributed by atoms with Gasteiger partial charge in [-0.2, -0.15) is 9.97 Å². The first kappa shape index (κ1) is 22.4. The lowest BCUT2D eigenvalue weighted by atomic mass is 10.1. The standard InChI is InChI=1S/C34H19N5OS/c1-5-16-26-20(10-1)21-11-2-6-17-27(21)39(26)34-37-31(36-32(38-34)33-35-25-15-4-8-19-29(25)41-33)24-14-9-13-23-22-12-3-7-18-28(22)40-30(23)24/h1-19H. The maximum absolute atomic E-state index is 6.38. The van der Waals surface area contributed by atoms with E-state index in [1.807, 2.05) is 60.7 Å². The summed E-state index contributed by atoms with van der Waals surface area (Å²) in [4.78, 5) is 20.1. The molecule has 0 aliphatic heterocycles. The second-order valence-electron chi connectivity index (χ2n) is 9.92. The molecule has 0 bridgehead atoms. The summed E-state index contributed by atoms with van der Waals surface area (Å²) in [5.41, 5.74) is 5.38. The Morgan fingerprint density at radius 2 is 1.20 bits per heavy atom. The van der Waals surface area contributed by atoms with Crippen LogP contribution in [0.2, 0.25) is 0 Å². The minimum Gasteiger partial charge on any atom is -0.455 e. The smallest absolute Gasteiger partial charge is 0.238 e. The molecule has 192 valence electrons. The number of rotatable bonds is 3. The Kier molecular flexibility index (Phi) is 4.67. The van der Waals surface area contributed by atoms with Gasteiger partial charge in [0.25, 0.3) is 0 Å². The van der Waals surface area contributed by atoms with Gasteiger partial charge in [0.2, 0.25) is 5.95 Å². The molecule has 9 aromatic rings. The van der Waals surface area contributed by atoms with Crippen molar-refractivity contribution in [1.29, 1.82) is 0 Å². The van der Waals surface area contributed by atoms with E-state index in [1.165, 1.54) is 0 Å². The Bertz CT molecular complexity index is 2370. The molecule has 9 rings (SSSR count). The van der Waals surface area contributed by atoms with E-state index in [-0.39, 0.29) is 0 Å². The van der Waals surface area contributed by atoms with Crippen LogP contribution in [0.15, 0.2) is 120 Å². The van der Waals surface area contributed by atoms with Gasteiger partial charge in [-0.25, -0.2) is 9.97 Å². The van der Waals surface area contributed by atoms with Crippen molar-refractivity contribution in [1.82, 2.24) is 24.5 Å². The highest BCUT2D eigenvalue weighted by Gasteiger charge is 2.21. The number of benzene rings is 5. The topological polar surface area (TPSA) is 69.6 Å². The fraction of sp³-hybridized carbons (Fsp3) is 0. The number of thiazole rings is 1. The van der Waals surface area contributed by atoms with Crippen LogP contribution in [-0.4, -0.2) is 24.5 Å². The first-order chi connectivity index (χ1) is 20.3. The number of para-hydroxylation sites is 5. The molecule has 0 radical (unpaired) electrons. The summed E-state index contributed by atoms with van der Waals surface area (Å²) in [6, 6.07) is 39.0. The van der Waals surface area contributed by atoms with Gasteiger partial charge in [-0.15, -0.1) is 11.3 Å². The Balaban J connectivity index is 1.38. The fourth-order valence-corrected chi connectivity index (χ4v) is 6.61. The minimum atomic E-state index is 0.529. The summed E-state index contributed by atoms with van der Waals surface area (Å²) in [6.07, 6.45) is 0. The van der Waals surface area contributed by atoms with Crippen molar-refractivity contribution in [2.24, 2.45) is 0 Å². The second-order valence-corrected chi connectivity index (χ2v) is 11.0. The Labute approximate surface area is 237 Å². The van der Waals surface area contributed by atoms with Gasteiger partial charge in [-0.05, 0) is 36.4 Å². The van der Waals surface area contributed by atoms with E-state index in [9.17, 15) is 0 Å². The number of hydrogen-bond acceptors (Lipinski definition) is 6. The molecule has 4 heterocycles. The van der Waals surface area contributed by atoms with Gasteiger partial charge in [-0.1, -0.05) is 78.9 Å². The average Bonchev–Trinajstić information content (AvgIpc) is 3.72. The van der Waals surface area contributed by atoms with Crippen molar-refractivity contribution in [2.75, 3.05) is 0 Å². The highest BCUT2D eigenvalue weighted by molar-refractivity contribution is 7.21. The zero-order valence-electron chi connectivity index (χ0n) is 21.5. The molecule has 0 atom stereocenters. The van der Waals surface area contributed by atoms with Gasteiger partial charge < -0.3 is 4.42 Å². The van der Waals surface area contributed by atoms with Crippen LogP contribution in [-0.2, 0) is 0 Å². The first-order valence-electron chi connectivity index (χ1n) is 13.3. The number of hydrogen-bond donors (Lipinski definition) is 0. The maximum Gasteiger partial charge on any atom is 0.238 e. The van der Waals surface area contributed by atoms with Crippen molar-refractivity contribution in [3.05, 3.63) is 115 Å². The van der Waals surface area contributed by atoms with Crippen molar-refractivity contribution in [3.8, 4) is 28.2 Å². The molecule has 6 nitrogen and oxygen atoms in total. The molecule has 7 heteroatoms. The lowest BCUT2D eigenvalue weighted by molar-refractivity contribution is 0.669. The van der Waals surface area contributed by atoms with Crippen molar-refractivity contribution < 1.29 is 4.42 Å². The minimum absolute atomic E-state index is 0.529. The Hall–Kier alpha value is -5.40.